The molecular weight excluding hydrogens is 355 g/mol. The van der Waals surface area contributed by atoms with E-state index in [2.05, 4.69) is 33.4 Å². The van der Waals surface area contributed by atoms with Crippen LogP contribution >= 0.6 is 0 Å². The molecule has 1 saturated heterocycles. The van der Waals surface area contributed by atoms with Gasteiger partial charge in [-0.15, -0.1) is 0 Å². The fourth-order valence-electron chi connectivity index (χ4n) is 4.26. The summed E-state index contributed by atoms with van der Waals surface area (Å²) in [4.78, 5) is 21.4. The fraction of sp³-hybridized carbons (Fsp3) is 0.455. The lowest BCUT2D eigenvalue weighted by molar-refractivity contribution is -0.133. The molecule has 0 aliphatic carbocycles. The molecule has 4 rings (SSSR count). The summed E-state index contributed by atoms with van der Waals surface area (Å²) in [5, 5.41) is 3.74. The molecule has 1 amide bonds. The summed E-state index contributed by atoms with van der Waals surface area (Å²) >= 11 is 0. The number of pyridine rings is 1. The first-order valence-electron chi connectivity index (χ1n) is 10.0. The maximum absolute atomic E-state index is 13.1. The lowest BCUT2D eigenvalue weighted by atomic mass is 9.82. The molecule has 1 aromatic carbocycles. The lowest BCUT2D eigenvalue weighted by Gasteiger charge is -2.45. The Balaban J connectivity index is 1.50. The van der Waals surface area contributed by atoms with E-state index in [0.717, 1.165) is 43.9 Å². The minimum absolute atomic E-state index is 0.215. The minimum Gasteiger partial charge on any atom is -0.379 e. The quantitative estimate of drug-likeness (QED) is 0.884. The summed E-state index contributed by atoms with van der Waals surface area (Å²) in [6.45, 7) is 5.91. The van der Waals surface area contributed by atoms with Gasteiger partial charge in [0.1, 0.15) is 5.82 Å². The second-order valence-electron chi connectivity index (χ2n) is 7.89. The summed E-state index contributed by atoms with van der Waals surface area (Å²) in [6.07, 6.45) is 3.58. The van der Waals surface area contributed by atoms with Gasteiger partial charge in [0.15, 0.2) is 0 Å². The maximum atomic E-state index is 13.1. The average Bonchev–Trinajstić information content (AvgIpc) is 2.69. The van der Waals surface area contributed by atoms with Crippen molar-refractivity contribution in [2.24, 2.45) is 0 Å². The van der Waals surface area contributed by atoms with Crippen molar-refractivity contribution < 1.29 is 9.18 Å². The van der Waals surface area contributed by atoms with Crippen LogP contribution in [0.3, 0.4) is 0 Å². The van der Waals surface area contributed by atoms with Gasteiger partial charge in [-0.25, -0.2) is 4.39 Å². The van der Waals surface area contributed by atoms with Crippen LogP contribution in [0.25, 0.3) is 0 Å². The normalized spacial score (nSPS) is 19.6. The molecule has 1 N–H and O–H groups in total. The Bertz CT molecular complexity index is 831. The number of para-hydroxylation sites is 1. The molecule has 3 heterocycles. The predicted octanol–water partition coefficient (Wildman–Crippen LogP) is 3.42. The highest BCUT2D eigenvalue weighted by Gasteiger charge is 2.39. The topological polar surface area (TPSA) is 48.5 Å². The van der Waals surface area contributed by atoms with Crippen LogP contribution in [0.5, 0.6) is 0 Å². The van der Waals surface area contributed by atoms with Gasteiger partial charge in [-0.05, 0) is 43.5 Å². The van der Waals surface area contributed by atoms with Crippen LogP contribution in [0.15, 0.2) is 42.6 Å². The van der Waals surface area contributed by atoms with Crippen molar-refractivity contribution in [2.45, 2.75) is 44.8 Å². The summed E-state index contributed by atoms with van der Waals surface area (Å²) in [5.74, 6) is -0.0871. The minimum atomic E-state index is -0.308. The first-order chi connectivity index (χ1) is 13.6. The molecule has 28 heavy (non-hydrogen) atoms. The number of benzene rings is 1. The Morgan fingerprint density at radius 2 is 1.96 bits per heavy atom. The molecule has 2 aliphatic rings. The number of halogens is 1. The third-order valence-electron chi connectivity index (χ3n) is 5.99. The van der Waals surface area contributed by atoms with Gasteiger partial charge in [-0.1, -0.05) is 18.2 Å². The van der Waals surface area contributed by atoms with Gasteiger partial charge in [-0.3, -0.25) is 14.7 Å². The molecule has 5 nitrogen and oxygen atoms in total. The number of amides is 1. The summed E-state index contributed by atoms with van der Waals surface area (Å²) in [5.41, 5.74) is 2.98. The number of carbonyl (C=O) groups excluding carboxylic acids is 1. The van der Waals surface area contributed by atoms with Gasteiger partial charge in [0.25, 0.3) is 0 Å². The second kappa shape index (κ2) is 7.87. The van der Waals surface area contributed by atoms with E-state index >= 15 is 0 Å². The Labute approximate surface area is 165 Å². The van der Waals surface area contributed by atoms with E-state index in [1.54, 1.807) is 6.07 Å². The zero-order valence-electron chi connectivity index (χ0n) is 16.3. The predicted molar refractivity (Wildman–Crippen MR) is 107 cm³/mol. The highest BCUT2D eigenvalue weighted by atomic mass is 19.1. The van der Waals surface area contributed by atoms with Gasteiger partial charge in [0, 0.05) is 50.4 Å². The van der Waals surface area contributed by atoms with E-state index < -0.39 is 0 Å². The van der Waals surface area contributed by atoms with E-state index in [1.165, 1.54) is 17.8 Å². The van der Waals surface area contributed by atoms with Crippen LogP contribution in [-0.2, 0) is 17.9 Å². The second-order valence-corrected chi connectivity index (χ2v) is 7.89. The molecule has 6 heteroatoms. The van der Waals surface area contributed by atoms with E-state index in [9.17, 15) is 9.18 Å². The Kier molecular flexibility index (Phi) is 5.31. The largest absolute Gasteiger partial charge is 0.379 e. The number of aromatic nitrogens is 1. The SMILES string of the molecule is CCN1Cc2ccccc2NC2(CCN(Cc3ccc(F)cn3)CC2)CC1=O. The van der Waals surface area contributed by atoms with E-state index in [0.29, 0.717) is 19.5 Å². The van der Waals surface area contributed by atoms with Gasteiger partial charge >= 0.3 is 0 Å². The van der Waals surface area contributed by atoms with Crippen LogP contribution in [0.4, 0.5) is 10.1 Å². The molecule has 0 bridgehead atoms. The van der Waals surface area contributed by atoms with Gasteiger partial charge in [-0.2, -0.15) is 0 Å². The Morgan fingerprint density at radius 3 is 2.68 bits per heavy atom. The number of hydrogen-bond acceptors (Lipinski definition) is 4. The van der Waals surface area contributed by atoms with E-state index in [-0.39, 0.29) is 17.3 Å². The van der Waals surface area contributed by atoms with E-state index in [4.69, 9.17) is 0 Å². The third kappa shape index (κ3) is 4.02. The Morgan fingerprint density at radius 1 is 1.18 bits per heavy atom. The van der Waals surface area contributed by atoms with Crippen LogP contribution in [0.1, 0.15) is 37.4 Å². The van der Waals surface area contributed by atoms with E-state index in [1.807, 2.05) is 17.9 Å². The molecule has 0 radical (unpaired) electrons. The van der Waals surface area contributed by atoms with Gasteiger partial charge in [0.2, 0.25) is 5.91 Å². The summed E-state index contributed by atoms with van der Waals surface area (Å²) in [6, 6.07) is 11.5. The van der Waals surface area contributed by atoms with Crippen molar-refractivity contribution in [3.05, 3.63) is 59.7 Å². The van der Waals surface area contributed by atoms with Crippen LogP contribution in [0.2, 0.25) is 0 Å². The van der Waals surface area contributed by atoms with Crippen LogP contribution in [0, 0.1) is 5.82 Å². The number of carbonyl (C=O) groups is 1. The summed E-state index contributed by atoms with van der Waals surface area (Å²) < 4.78 is 13.1. The van der Waals surface area contributed by atoms with Crippen LogP contribution in [-0.4, -0.2) is 45.9 Å². The molecule has 0 atom stereocenters. The lowest BCUT2D eigenvalue weighted by Crippen LogP contribution is -2.53. The molecule has 2 aliphatic heterocycles. The van der Waals surface area contributed by atoms with Crippen molar-refractivity contribution in [3.63, 3.8) is 0 Å². The highest BCUT2D eigenvalue weighted by Crippen LogP contribution is 2.35. The summed E-state index contributed by atoms with van der Waals surface area (Å²) in [7, 11) is 0. The zero-order chi connectivity index (χ0) is 19.6. The third-order valence-corrected chi connectivity index (χ3v) is 5.99. The van der Waals surface area contributed by atoms with Crippen molar-refractivity contribution in [1.29, 1.82) is 0 Å². The van der Waals surface area contributed by atoms with Gasteiger partial charge in [0.05, 0.1) is 11.9 Å². The average molecular weight is 382 g/mol. The standard InChI is InChI=1S/C22H27FN4O/c1-2-27-15-17-5-3-4-6-20(17)25-22(13-21(27)28)9-11-26(12-10-22)16-19-8-7-18(23)14-24-19/h3-8,14,25H,2,9-13,15-16H2,1H3. The van der Waals surface area contributed by atoms with Crippen molar-refractivity contribution >= 4 is 11.6 Å². The molecule has 2 aromatic rings. The molecule has 0 unspecified atom stereocenters. The number of nitrogens with one attached hydrogen (secondary N) is 1. The smallest absolute Gasteiger partial charge is 0.225 e. The molecule has 0 saturated carbocycles. The number of likely N-dealkylation sites (tertiary alicyclic amines) is 1. The fourth-order valence-corrected chi connectivity index (χ4v) is 4.26. The first-order valence-corrected chi connectivity index (χ1v) is 10.0. The van der Waals surface area contributed by atoms with Crippen molar-refractivity contribution in [2.75, 3.05) is 25.0 Å². The van der Waals surface area contributed by atoms with Crippen molar-refractivity contribution in [3.8, 4) is 0 Å². The monoisotopic (exact) mass is 382 g/mol. The Hall–Kier alpha value is -2.47. The zero-order valence-corrected chi connectivity index (χ0v) is 16.3. The number of anilines is 1. The maximum Gasteiger partial charge on any atom is 0.225 e. The number of piperidine rings is 1. The van der Waals surface area contributed by atoms with Gasteiger partial charge < -0.3 is 10.2 Å². The van der Waals surface area contributed by atoms with Crippen molar-refractivity contribution in [1.82, 2.24) is 14.8 Å². The number of rotatable bonds is 3. The highest BCUT2D eigenvalue weighted by molar-refractivity contribution is 5.79. The number of nitrogens with zero attached hydrogens (tertiary/aromatic N) is 3. The molecular formula is C22H27FN4O. The molecule has 148 valence electrons. The first kappa shape index (κ1) is 18.9. The van der Waals surface area contributed by atoms with Crippen LogP contribution < -0.4 is 5.32 Å². The number of hydrogen-bond donors (Lipinski definition) is 1. The number of fused-ring (bicyclic) bond motifs is 1. The molecule has 1 aromatic heterocycles. The molecule has 1 spiro atoms. The molecule has 1 fully saturated rings.